The summed E-state index contributed by atoms with van der Waals surface area (Å²) in [4.78, 5) is 16.5. The first-order valence-corrected chi connectivity index (χ1v) is 8.60. The Kier molecular flexibility index (Phi) is 5.53. The number of hydrazine groups is 1. The maximum absolute atomic E-state index is 12.3. The van der Waals surface area contributed by atoms with Gasteiger partial charge in [0.05, 0.1) is 11.9 Å². The molecule has 132 valence electrons. The molecule has 3 N–H and O–H groups in total. The van der Waals surface area contributed by atoms with Gasteiger partial charge in [-0.3, -0.25) is 10.2 Å². The van der Waals surface area contributed by atoms with Crippen molar-refractivity contribution in [3.63, 3.8) is 0 Å². The molecule has 0 spiro atoms. The summed E-state index contributed by atoms with van der Waals surface area (Å²) in [5, 5.41) is 3.51. The van der Waals surface area contributed by atoms with E-state index < -0.39 is 0 Å². The number of rotatable bonds is 5. The van der Waals surface area contributed by atoms with Crippen LogP contribution in [-0.4, -0.2) is 23.0 Å². The second-order valence-electron chi connectivity index (χ2n) is 6.36. The van der Waals surface area contributed by atoms with Crippen molar-refractivity contribution in [1.29, 1.82) is 0 Å². The van der Waals surface area contributed by atoms with Gasteiger partial charge in [-0.1, -0.05) is 25.4 Å². The van der Waals surface area contributed by atoms with Crippen molar-refractivity contribution >= 4 is 23.2 Å². The van der Waals surface area contributed by atoms with Crippen molar-refractivity contribution in [2.24, 2.45) is 5.92 Å². The number of anilines is 1. The van der Waals surface area contributed by atoms with E-state index in [1.807, 2.05) is 0 Å². The monoisotopic (exact) mass is 360 g/mol. The van der Waals surface area contributed by atoms with Gasteiger partial charge < -0.3 is 10.1 Å². The van der Waals surface area contributed by atoms with E-state index >= 15 is 0 Å². The molecule has 2 atom stereocenters. The summed E-state index contributed by atoms with van der Waals surface area (Å²) >= 11 is 5.84. The molecule has 0 radical (unpaired) electrons. The number of amides is 1. The third-order valence-electron chi connectivity index (χ3n) is 4.09. The maximum Gasteiger partial charge on any atom is 0.242 e. The fourth-order valence-electron chi connectivity index (χ4n) is 2.56. The molecule has 1 fully saturated rings. The molecular formula is C18H21ClN4O2. The predicted octanol–water partition coefficient (Wildman–Crippen LogP) is 3.36. The molecule has 0 saturated carbocycles. The van der Waals surface area contributed by atoms with Gasteiger partial charge in [0.1, 0.15) is 11.8 Å². The Bertz CT molecular complexity index is 719. The van der Waals surface area contributed by atoms with Gasteiger partial charge in [0, 0.05) is 17.1 Å². The van der Waals surface area contributed by atoms with Gasteiger partial charge in [-0.05, 0) is 42.7 Å². The molecule has 6 nitrogen and oxygen atoms in total. The Balaban J connectivity index is 1.55. The molecule has 1 aliphatic heterocycles. The van der Waals surface area contributed by atoms with Crippen molar-refractivity contribution in [2.45, 2.75) is 32.4 Å². The molecule has 2 heterocycles. The van der Waals surface area contributed by atoms with Crippen LogP contribution in [0.2, 0.25) is 5.02 Å². The highest BCUT2D eigenvalue weighted by Crippen LogP contribution is 2.22. The lowest BCUT2D eigenvalue weighted by molar-refractivity contribution is -0.117. The van der Waals surface area contributed by atoms with E-state index in [2.05, 4.69) is 35.0 Å². The lowest BCUT2D eigenvalue weighted by Gasteiger charge is -2.13. The molecule has 0 aliphatic carbocycles. The molecule has 1 aromatic carbocycles. The van der Waals surface area contributed by atoms with Crippen LogP contribution in [0.5, 0.6) is 11.6 Å². The van der Waals surface area contributed by atoms with E-state index in [-0.39, 0.29) is 11.9 Å². The lowest BCUT2D eigenvalue weighted by atomic mass is 9.99. The Labute approximate surface area is 151 Å². The van der Waals surface area contributed by atoms with Crippen LogP contribution in [0.3, 0.4) is 0 Å². The minimum absolute atomic E-state index is 0.0798. The smallest absolute Gasteiger partial charge is 0.242 e. The first-order chi connectivity index (χ1) is 12.0. The predicted molar refractivity (Wildman–Crippen MR) is 97.7 cm³/mol. The number of hydrogen-bond acceptors (Lipinski definition) is 5. The average Bonchev–Trinajstić information content (AvgIpc) is 3.09. The van der Waals surface area contributed by atoms with Gasteiger partial charge in [-0.25, -0.2) is 10.4 Å². The van der Waals surface area contributed by atoms with E-state index in [0.717, 1.165) is 6.42 Å². The Morgan fingerprint density at radius 3 is 2.60 bits per heavy atom. The first-order valence-electron chi connectivity index (χ1n) is 8.22. The topological polar surface area (TPSA) is 75.3 Å². The normalized spacial score (nSPS) is 19.8. The van der Waals surface area contributed by atoms with Crippen LogP contribution in [0.15, 0.2) is 42.6 Å². The number of nitrogens with one attached hydrogen (secondary N) is 3. The van der Waals surface area contributed by atoms with Crippen molar-refractivity contribution in [2.75, 3.05) is 5.32 Å². The molecule has 2 unspecified atom stereocenters. The Morgan fingerprint density at radius 1 is 1.24 bits per heavy atom. The summed E-state index contributed by atoms with van der Waals surface area (Å²) in [6.07, 6.45) is 2.33. The van der Waals surface area contributed by atoms with Crippen LogP contribution in [0.1, 0.15) is 20.3 Å². The number of pyridine rings is 1. The Morgan fingerprint density at radius 2 is 2.00 bits per heavy atom. The standard InChI is InChI=1S/C18H21ClN4O2/c1-11(2)15-9-16(23-22-15)18(24)21-13-5-8-17(20-10-13)25-14-6-3-12(19)4-7-14/h3-8,10-11,15-16,22-23H,9H2,1-2H3,(H,21,24). The van der Waals surface area contributed by atoms with Crippen molar-refractivity contribution in [1.82, 2.24) is 15.8 Å². The second-order valence-corrected chi connectivity index (χ2v) is 6.79. The third-order valence-corrected chi connectivity index (χ3v) is 4.35. The van der Waals surface area contributed by atoms with Gasteiger partial charge in [0.25, 0.3) is 0 Å². The van der Waals surface area contributed by atoms with E-state index in [9.17, 15) is 4.79 Å². The molecule has 3 rings (SSSR count). The minimum Gasteiger partial charge on any atom is -0.439 e. The third kappa shape index (κ3) is 4.69. The van der Waals surface area contributed by atoms with Crippen molar-refractivity contribution < 1.29 is 9.53 Å². The summed E-state index contributed by atoms with van der Waals surface area (Å²) < 4.78 is 5.63. The molecule has 1 saturated heterocycles. The molecule has 1 aliphatic rings. The van der Waals surface area contributed by atoms with E-state index in [1.165, 1.54) is 0 Å². The van der Waals surface area contributed by atoms with Crippen LogP contribution in [0.4, 0.5) is 5.69 Å². The molecule has 2 aromatic rings. The molecule has 25 heavy (non-hydrogen) atoms. The van der Waals surface area contributed by atoms with E-state index in [4.69, 9.17) is 16.3 Å². The zero-order chi connectivity index (χ0) is 17.8. The molecule has 1 amide bonds. The van der Waals surface area contributed by atoms with Crippen LogP contribution >= 0.6 is 11.6 Å². The van der Waals surface area contributed by atoms with Gasteiger partial charge >= 0.3 is 0 Å². The van der Waals surface area contributed by atoms with Crippen LogP contribution in [0.25, 0.3) is 0 Å². The van der Waals surface area contributed by atoms with Gasteiger partial charge in [-0.15, -0.1) is 0 Å². The first kappa shape index (κ1) is 17.7. The van der Waals surface area contributed by atoms with Crippen LogP contribution in [0, 0.1) is 5.92 Å². The number of benzene rings is 1. The molecule has 1 aromatic heterocycles. The van der Waals surface area contributed by atoms with Crippen LogP contribution < -0.4 is 20.9 Å². The zero-order valence-corrected chi connectivity index (χ0v) is 14.9. The highest BCUT2D eigenvalue weighted by atomic mass is 35.5. The van der Waals surface area contributed by atoms with E-state index in [1.54, 1.807) is 42.6 Å². The summed E-state index contributed by atoms with van der Waals surface area (Å²) in [7, 11) is 0. The largest absolute Gasteiger partial charge is 0.439 e. The second kappa shape index (κ2) is 7.82. The lowest BCUT2D eigenvalue weighted by Crippen LogP contribution is -2.40. The quantitative estimate of drug-likeness (QED) is 0.762. The Hall–Kier alpha value is -2.15. The van der Waals surface area contributed by atoms with Crippen molar-refractivity contribution in [3.8, 4) is 11.6 Å². The number of ether oxygens (including phenoxy) is 1. The van der Waals surface area contributed by atoms with E-state index in [0.29, 0.717) is 34.3 Å². The van der Waals surface area contributed by atoms with Crippen LogP contribution in [-0.2, 0) is 4.79 Å². The number of hydrogen-bond donors (Lipinski definition) is 3. The maximum atomic E-state index is 12.3. The summed E-state index contributed by atoms with van der Waals surface area (Å²) in [5.74, 6) is 1.48. The highest BCUT2D eigenvalue weighted by molar-refractivity contribution is 6.30. The fourth-order valence-corrected chi connectivity index (χ4v) is 2.68. The number of halogens is 1. The molecule has 0 bridgehead atoms. The fraction of sp³-hybridized carbons (Fsp3) is 0.333. The minimum atomic E-state index is -0.252. The molecular weight excluding hydrogens is 340 g/mol. The summed E-state index contributed by atoms with van der Waals surface area (Å²) in [6.45, 7) is 4.26. The molecule has 7 heteroatoms. The summed E-state index contributed by atoms with van der Waals surface area (Å²) in [6, 6.07) is 10.5. The van der Waals surface area contributed by atoms with Gasteiger partial charge in [0.2, 0.25) is 11.8 Å². The summed E-state index contributed by atoms with van der Waals surface area (Å²) in [5.41, 5.74) is 6.82. The average molecular weight is 361 g/mol. The highest BCUT2D eigenvalue weighted by Gasteiger charge is 2.30. The number of carbonyl (C=O) groups excluding carboxylic acids is 1. The SMILES string of the molecule is CC(C)C1CC(C(=O)Nc2ccc(Oc3ccc(Cl)cc3)nc2)NN1. The number of nitrogens with zero attached hydrogens (tertiary/aromatic N) is 1. The van der Waals surface area contributed by atoms with Gasteiger partial charge in [-0.2, -0.15) is 0 Å². The number of aromatic nitrogens is 1. The number of carbonyl (C=O) groups is 1. The van der Waals surface area contributed by atoms with Gasteiger partial charge in [0.15, 0.2) is 0 Å². The zero-order valence-electron chi connectivity index (χ0n) is 14.1. The van der Waals surface area contributed by atoms with Crippen molar-refractivity contribution in [3.05, 3.63) is 47.6 Å².